The topological polar surface area (TPSA) is 211 Å². The van der Waals surface area contributed by atoms with Crippen molar-refractivity contribution in [3.63, 3.8) is 0 Å². The van der Waals surface area contributed by atoms with Crippen molar-refractivity contribution >= 4 is 34.8 Å². The Bertz CT molecular complexity index is 3190. The maximum absolute atomic E-state index is 14.4. The third-order valence-corrected chi connectivity index (χ3v) is 21.4. The Kier molecular flexibility index (Phi) is 17.3. The van der Waals surface area contributed by atoms with E-state index >= 15 is 0 Å². The summed E-state index contributed by atoms with van der Waals surface area (Å²) in [6.45, 7) is 21.8. The highest BCUT2D eigenvalue weighted by molar-refractivity contribution is 7.13. The van der Waals surface area contributed by atoms with Gasteiger partial charge in [-0.05, 0) is 183 Å². The van der Waals surface area contributed by atoms with Crippen LogP contribution in [-0.4, -0.2) is 162 Å². The molecule has 1 spiro atoms. The molecule has 5 saturated heterocycles. The third-order valence-electron chi connectivity index (χ3n) is 20.4. The fraction of sp³-hybridized carbons (Fsp3) is 0.585. The Morgan fingerprint density at radius 3 is 2.20 bits per heavy atom. The molecule has 12 rings (SSSR count). The van der Waals surface area contributed by atoms with Gasteiger partial charge in [-0.1, -0.05) is 55.4 Å². The molecule has 6 aliphatic rings. The number of β-amino-alcohol motifs (C(OH)–C–C–N with tert-alkyl or cyclic N) is 1. The number of nitrogens with one attached hydrogen (secondary N) is 1. The number of aryl methyl sites for hydroxylation is 1. The van der Waals surface area contributed by atoms with E-state index < -0.39 is 18.1 Å². The molecule has 0 bridgehead atoms. The van der Waals surface area contributed by atoms with Crippen LogP contribution >= 0.6 is 11.3 Å². The quantitative estimate of drug-likeness (QED) is 0.0670. The Morgan fingerprint density at radius 1 is 0.833 bits per heavy atom. The number of amides is 2. The summed E-state index contributed by atoms with van der Waals surface area (Å²) in [5.41, 5.74) is 14.6. The van der Waals surface area contributed by atoms with Crippen molar-refractivity contribution in [1.82, 2.24) is 55.0 Å². The van der Waals surface area contributed by atoms with E-state index in [4.69, 9.17) is 15.4 Å². The van der Waals surface area contributed by atoms with Crippen LogP contribution < -0.4 is 16.0 Å². The number of carbonyl (C=O) groups excluding carboxylic acids is 2. The van der Waals surface area contributed by atoms with Gasteiger partial charge >= 0.3 is 0 Å². The molecule has 2 amide bonds. The van der Waals surface area contributed by atoms with Crippen LogP contribution in [-0.2, 0) is 9.59 Å². The number of aliphatic hydroxyl groups is 1. The van der Waals surface area contributed by atoms with Gasteiger partial charge in [0.2, 0.25) is 11.8 Å². The fourth-order valence-corrected chi connectivity index (χ4v) is 15.9. The summed E-state index contributed by atoms with van der Waals surface area (Å²) in [5.74, 6) is 2.55. The number of piperidine rings is 4. The zero-order valence-electron chi connectivity index (χ0n) is 49.9. The van der Waals surface area contributed by atoms with E-state index in [1.165, 1.54) is 84.1 Å². The van der Waals surface area contributed by atoms with Crippen molar-refractivity contribution in [2.75, 3.05) is 82.6 Å². The number of carbonyl (C=O) groups is 2. The summed E-state index contributed by atoms with van der Waals surface area (Å²) in [4.78, 5) is 46.0. The van der Waals surface area contributed by atoms with Crippen molar-refractivity contribution in [3.05, 3.63) is 95.6 Å². The highest BCUT2D eigenvalue weighted by atomic mass is 32.1. The van der Waals surface area contributed by atoms with Gasteiger partial charge in [-0.2, -0.15) is 5.10 Å². The predicted octanol–water partition coefficient (Wildman–Crippen LogP) is 9.44. The van der Waals surface area contributed by atoms with Gasteiger partial charge < -0.3 is 50.3 Å². The number of para-hydroxylation sites is 1. The first-order chi connectivity index (χ1) is 40.6. The first kappa shape index (κ1) is 58.1. The minimum Gasteiger partial charge on any atom is -0.507 e. The number of aliphatic hydroxyl groups excluding tert-OH is 1. The van der Waals surface area contributed by atoms with E-state index in [1.807, 2.05) is 75.8 Å². The second kappa shape index (κ2) is 25.0. The largest absolute Gasteiger partial charge is 0.507 e. The molecule has 2 aromatic carbocycles. The number of benzene rings is 2. The van der Waals surface area contributed by atoms with Crippen LogP contribution in [0.4, 0.5) is 11.6 Å². The molecule has 19 heteroatoms. The Hall–Kier alpha value is -6.25. The smallest absolute Gasteiger partial charge is 0.243 e. The molecule has 6 aromatic rings. The molecule has 5 atom stereocenters. The Balaban J connectivity index is 0.540. The van der Waals surface area contributed by atoms with Crippen LogP contribution in [0.25, 0.3) is 32.8 Å². The Morgan fingerprint density at radius 2 is 1.52 bits per heavy atom. The average Bonchev–Trinajstić information content (AvgIpc) is 2.53. The van der Waals surface area contributed by atoms with Gasteiger partial charge in [0.05, 0.1) is 46.2 Å². The molecule has 9 heterocycles. The minimum absolute atomic E-state index is 0.0989. The second-order valence-corrected chi connectivity index (χ2v) is 27.1. The van der Waals surface area contributed by atoms with Crippen LogP contribution in [0.3, 0.4) is 0 Å². The number of nitrogen functional groups attached to an aromatic ring is 1. The molecule has 1 saturated carbocycles. The van der Waals surface area contributed by atoms with Crippen LogP contribution in [0.2, 0.25) is 0 Å². The van der Waals surface area contributed by atoms with Crippen LogP contribution in [0.15, 0.2) is 83.1 Å². The highest BCUT2D eigenvalue weighted by Crippen LogP contribution is 2.52. The fourth-order valence-electron chi connectivity index (χ4n) is 15.1. The lowest BCUT2D eigenvalue weighted by atomic mass is 9.59. The SMILES string of the molecule is Cc1ncsc1-c1ccc([C@H](C)NC(=O)[C@@H]2C[C@@H](O)CN2C(=O)[C@@H](c2cc(N3CCC(CN4CCC(CN5CCC6(CC5)CC(N5CCC(C(C)n7cc(-c8cc(-c9ccccc9O)nnc8N)cn7)CC5)C6)CC4)CC3)no2)C(C)C)cc1. The van der Waals surface area contributed by atoms with Crippen LogP contribution in [0.1, 0.15) is 133 Å². The van der Waals surface area contributed by atoms with E-state index in [-0.39, 0.29) is 48.5 Å². The summed E-state index contributed by atoms with van der Waals surface area (Å²) >= 11 is 1.61. The van der Waals surface area contributed by atoms with E-state index in [0.29, 0.717) is 40.1 Å². The number of thiazole rings is 1. The second-order valence-electron chi connectivity index (χ2n) is 26.2. The van der Waals surface area contributed by atoms with Gasteiger partial charge in [-0.25, -0.2) is 4.98 Å². The first-order valence-corrected chi connectivity index (χ1v) is 32.2. The number of hydrogen-bond acceptors (Lipinski definition) is 16. The van der Waals surface area contributed by atoms with Gasteiger partial charge in [0.15, 0.2) is 17.4 Å². The van der Waals surface area contributed by atoms with Gasteiger partial charge in [-0.15, -0.1) is 21.5 Å². The number of aromatic nitrogens is 6. The van der Waals surface area contributed by atoms with Crippen molar-refractivity contribution in [2.24, 2.45) is 29.1 Å². The molecule has 1 aliphatic carbocycles. The molecular formula is C65H87N13O5S. The molecule has 6 fully saturated rings. The molecule has 5 N–H and O–H groups in total. The van der Waals surface area contributed by atoms with Crippen LogP contribution in [0.5, 0.6) is 5.75 Å². The number of anilines is 2. The minimum atomic E-state index is -0.790. The summed E-state index contributed by atoms with van der Waals surface area (Å²) in [5, 5.41) is 42.2. The number of nitrogens with zero attached hydrogens (tertiary/aromatic N) is 11. The van der Waals surface area contributed by atoms with Gasteiger partial charge in [0.1, 0.15) is 17.7 Å². The van der Waals surface area contributed by atoms with E-state index in [1.54, 1.807) is 28.4 Å². The molecule has 5 aliphatic heterocycles. The van der Waals surface area contributed by atoms with E-state index in [2.05, 4.69) is 75.2 Å². The van der Waals surface area contributed by atoms with Gasteiger partial charge in [0, 0.05) is 74.1 Å². The number of phenolic OH excluding ortho intramolecular Hbond substituents is 1. The molecule has 0 radical (unpaired) electrons. The number of likely N-dealkylation sites (tertiary alicyclic amines) is 4. The molecule has 1 unspecified atom stereocenters. The molecular weight excluding hydrogens is 1070 g/mol. The zero-order chi connectivity index (χ0) is 58.2. The Labute approximate surface area is 499 Å². The lowest BCUT2D eigenvalue weighted by Gasteiger charge is -2.56. The number of aromatic hydroxyl groups is 1. The maximum atomic E-state index is 14.4. The van der Waals surface area contributed by atoms with Gasteiger partial charge in [0.25, 0.3) is 0 Å². The summed E-state index contributed by atoms with van der Waals surface area (Å²) in [6.07, 6.45) is 15.9. The molecule has 448 valence electrons. The lowest BCUT2D eigenvalue weighted by molar-refractivity contribution is -0.141. The van der Waals surface area contributed by atoms with Crippen molar-refractivity contribution in [2.45, 2.75) is 141 Å². The monoisotopic (exact) mass is 1160 g/mol. The number of phenols is 1. The molecule has 84 heavy (non-hydrogen) atoms. The number of hydrogen-bond donors (Lipinski definition) is 4. The van der Waals surface area contributed by atoms with Crippen molar-refractivity contribution < 1.29 is 24.3 Å². The molecule has 4 aromatic heterocycles. The summed E-state index contributed by atoms with van der Waals surface area (Å²) in [6, 6.07) is 19.1. The maximum Gasteiger partial charge on any atom is 0.243 e. The van der Waals surface area contributed by atoms with E-state index in [9.17, 15) is 19.8 Å². The highest BCUT2D eigenvalue weighted by Gasteiger charge is 2.49. The van der Waals surface area contributed by atoms with Crippen molar-refractivity contribution in [3.8, 4) is 38.6 Å². The van der Waals surface area contributed by atoms with E-state index in [0.717, 1.165) is 96.2 Å². The average molecular weight is 1160 g/mol. The standard InChI is InChI=1S/C65H87N13O5S/c1-41(2)60(64(82)77-39-52(79)30-56(77)63(81)69-42(3)47-10-12-49(13-11-47)61-43(4)67-40-84-61)58-32-59(72-83-58)76-24-16-46(17-25-76)36-73-22-14-45(15-23-73)37-74-28-20-65(21-29-74)33-51(34-65)75-26-18-48(19-27-75)44(5)78-38-50(35-68-78)54-31-55(70-71-62(54)66)53-8-6-7-9-57(53)80/h6-13,31-32,35,38,40-42,44-46,48,51-52,56,60,79-80H,14-30,33-34,36-37,39H2,1-5H3,(H2,66,71)(H,69,81)/t42-,44?,52+,56-,60+/m0/s1. The lowest BCUT2D eigenvalue weighted by Crippen LogP contribution is -2.56. The summed E-state index contributed by atoms with van der Waals surface area (Å²) in [7, 11) is 0. The predicted molar refractivity (Wildman–Crippen MR) is 328 cm³/mol. The number of nitrogens with two attached hydrogens (primary N) is 1. The molecule has 18 nitrogen and oxygen atoms in total. The summed E-state index contributed by atoms with van der Waals surface area (Å²) < 4.78 is 8.08. The zero-order valence-corrected chi connectivity index (χ0v) is 50.7. The number of rotatable bonds is 17. The van der Waals surface area contributed by atoms with Crippen LogP contribution in [0, 0.1) is 36.0 Å². The third kappa shape index (κ3) is 12.5. The van der Waals surface area contributed by atoms with Gasteiger partial charge in [-0.3, -0.25) is 14.3 Å². The van der Waals surface area contributed by atoms with Crippen molar-refractivity contribution in [1.29, 1.82) is 0 Å². The first-order valence-electron chi connectivity index (χ1n) is 31.3. The normalized spacial score (nSPS) is 22.8.